The highest BCUT2D eigenvalue weighted by Gasteiger charge is 2.17. The van der Waals surface area contributed by atoms with E-state index >= 15 is 0 Å². The van der Waals surface area contributed by atoms with Crippen LogP contribution in [0.4, 0.5) is 0 Å². The largest absolute Gasteiger partial charge is 0.303 e. The summed E-state index contributed by atoms with van der Waals surface area (Å²) in [4.78, 5) is 9.38. The molecule has 4 aromatic heterocycles. The van der Waals surface area contributed by atoms with Gasteiger partial charge in [-0.25, -0.2) is 9.97 Å². The van der Waals surface area contributed by atoms with Crippen LogP contribution < -0.4 is 0 Å². The molecule has 0 amide bonds. The lowest BCUT2D eigenvalue weighted by Crippen LogP contribution is -2.03. The number of nitrogens with zero attached hydrogens (tertiary/aromatic N) is 4. The van der Waals surface area contributed by atoms with E-state index < -0.39 is 0 Å². The predicted octanol–water partition coefficient (Wildman–Crippen LogP) is 4.00. The maximum atomic E-state index is 4.83. The monoisotopic (exact) mass is 304 g/mol. The van der Waals surface area contributed by atoms with Gasteiger partial charge in [0, 0.05) is 30.2 Å². The van der Waals surface area contributed by atoms with E-state index in [9.17, 15) is 0 Å². The molecule has 0 fully saturated rings. The second kappa shape index (κ2) is 5.23. The number of imidazole rings is 2. The summed E-state index contributed by atoms with van der Waals surface area (Å²) >= 11 is 0. The zero-order chi connectivity index (χ0) is 16.0. The van der Waals surface area contributed by atoms with E-state index in [0.717, 1.165) is 17.7 Å². The molecule has 4 aromatic rings. The van der Waals surface area contributed by atoms with Gasteiger partial charge in [0.2, 0.25) is 0 Å². The lowest BCUT2D eigenvalue weighted by Gasteiger charge is -2.09. The van der Waals surface area contributed by atoms with Crippen LogP contribution in [0.3, 0.4) is 0 Å². The van der Waals surface area contributed by atoms with Crippen LogP contribution in [0.15, 0.2) is 48.8 Å². The predicted molar refractivity (Wildman–Crippen MR) is 92.0 cm³/mol. The number of hydrogen-bond donors (Lipinski definition) is 0. The van der Waals surface area contributed by atoms with Crippen molar-refractivity contribution >= 4 is 11.3 Å². The van der Waals surface area contributed by atoms with Crippen LogP contribution in [0.25, 0.3) is 11.3 Å². The van der Waals surface area contributed by atoms with Gasteiger partial charge >= 0.3 is 0 Å². The molecule has 0 unspecified atom stereocenters. The Hall–Kier alpha value is -2.62. The molecule has 0 spiro atoms. The van der Waals surface area contributed by atoms with Gasteiger partial charge in [0.1, 0.15) is 11.3 Å². The fourth-order valence-electron chi connectivity index (χ4n) is 3.28. The molecule has 0 aliphatic carbocycles. The van der Waals surface area contributed by atoms with Crippen LogP contribution in [0.2, 0.25) is 0 Å². The summed E-state index contributed by atoms with van der Waals surface area (Å²) in [5.74, 6) is 0.394. The molecule has 116 valence electrons. The third-order valence-electron chi connectivity index (χ3n) is 4.35. The third kappa shape index (κ3) is 2.22. The molecule has 0 aromatic carbocycles. The first-order chi connectivity index (χ1) is 11.1. The van der Waals surface area contributed by atoms with Crippen LogP contribution in [0.5, 0.6) is 0 Å². The molecule has 4 rings (SSSR count). The average molecular weight is 304 g/mol. The molecule has 0 N–H and O–H groups in total. The summed E-state index contributed by atoms with van der Waals surface area (Å²) in [7, 11) is 0. The van der Waals surface area contributed by atoms with Crippen molar-refractivity contribution in [3.05, 3.63) is 71.6 Å². The minimum Gasteiger partial charge on any atom is -0.303 e. The van der Waals surface area contributed by atoms with E-state index in [1.165, 1.54) is 22.8 Å². The molecule has 4 nitrogen and oxygen atoms in total. The number of fused-ring (bicyclic) bond motifs is 2. The van der Waals surface area contributed by atoms with Crippen molar-refractivity contribution in [3.8, 4) is 0 Å². The zero-order valence-electron chi connectivity index (χ0n) is 13.7. The number of hydrogen-bond acceptors (Lipinski definition) is 2. The van der Waals surface area contributed by atoms with Crippen molar-refractivity contribution in [1.29, 1.82) is 0 Å². The number of aromatic nitrogens is 4. The van der Waals surface area contributed by atoms with Crippen molar-refractivity contribution in [2.45, 2.75) is 33.1 Å². The molecule has 4 heterocycles. The summed E-state index contributed by atoms with van der Waals surface area (Å²) in [5.41, 5.74) is 6.83. The Morgan fingerprint density at radius 1 is 1.04 bits per heavy atom. The van der Waals surface area contributed by atoms with Crippen molar-refractivity contribution in [2.75, 3.05) is 0 Å². The standard InChI is InChI=1S/C19H20N4/c1-13(2)19-16(22-10-5-4-8-18(22)21-19)11-15-12-20-17-9-6-7-14(3)23(15)17/h4-10,12-13H,11H2,1-3H3. The maximum Gasteiger partial charge on any atom is 0.137 e. The summed E-state index contributed by atoms with van der Waals surface area (Å²) in [6.45, 7) is 6.52. The molecule has 0 aliphatic heterocycles. The Kier molecular flexibility index (Phi) is 3.18. The van der Waals surface area contributed by atoms with Gasteiger partial charge in [0.05, 0.1) is 11.4 Å². The minimum atomic E-state index is 0.394. The molecule has 0 saturated carbocycles. The average Bonchev–Trinajstić information content (AvgIpc) is 3.11. The van der Waals surface area contributed by atoms with E-state index in [1.807, 2.05) is 18.3 Å². The molecule has 4 heteroatoms. The quantitative estimate of drug-likeness (QED) is 0.573. The summed E-state index contributed by atoms with van der Waals surface area (Å²) in [6, 6.07) is 12.4. The first-order valence-corrected chi connectivity index (χ1v) is 8.03. The van der Waals surface area contributed by atoms with E-state index in [2.05, 4.69) is 65.0 Å². The van der Waals surface area contributed by atoms with Crippen molar-refractivity contribution in [2.24, 2.45) is 0 Å². The van der Waals surface area contributed by atoms with Gasteiger partial charge < -0.3 is 8.80 Å². The summed E-state index contributed by atoms with van der Waals surface area (Å²) in [6.07, 6.45) is 4.90. The molecule has 0 saturated heterocycles. The Balaban J connectivity index is 1.90. The molecular weight excluding hydrogens is 284 g/mol. The molecular formula is C19H20N4. The van der Waals surface area contributed by atoms with Gasteiger partial charge in [0.15, 0.2) is 0 Å². The zero-order valence-corrected chi connectivity index (χ0v) is 13.7. The normalized spacial score (nSPS) is 11.8. The van der Waals surface area contributed by atoms with E-state index in [1.54, 1.807) is 0 Å². The van der Waals surface area contributed by atoms with Crippen LogP contribution in [0.1, 0.15) is 42.5 Å². The van der Waals surface area contributed by atoms with Crippen molar-refractivity contribution < 1.29 is 0 Å². The summed E-state index contributed by atoms with van der Waals surface area (Å²) < 4.78 is 4.43. The Labute approximate surface area is 135 Å². The highest BCUT2D eigenvalue weighted by atomic mass is 15.0. The van der Waals surface area contributed by atoms with Gasteiger partial charge in [-0.05, 0) is 37.1 Å². The van der Waals surface area contributed by atoms with Crippen LogP contribution in [-0.4, -0.2) is 18.8 Å². The second-order valence-electron chi connectivity index (χ2n) is 6.31. The number of aryl methyl sites for hydroxylation is 1. The first-order valence-electron chi connectivity index (χ1n) is 8.03. The maximum absolute atomic E-state index is 4.83. The lowest BCUT2D eigenvalue weighted by atomic mass is 10.1. The van der Waals surface area contributed by atoms with Crippen LogP contribution in [-0.2, 0) is 6.42 Å². The Morgan fingerprint density at radius 3 is 2.70 bits per heavy atom. The van der Waals surface area contributed by atoms with Crippen molar-refractivity contribution in [3.63, 3.8) is 0 Å². The smallest absolute Gasteiger partial charge is 0.137 e. The van der Waals surface area contributed by atoms with E-state index in [-0.39, 0.29) is 0 Å². The van der Waals surface area contributed by atoms with Crippen LogP contribution >= 0.6 is 0 Å². The molecule has 0 aliphatic rings. The van der Waals surface area contributed by atoms with Gasteiger partial charge in [-0.15, -0.1) is 0 Å². The van der Waals surface area contributed by atoms with Gasteiger partial charge in [-0.2, -0.15) is 0 Å². The molecule has 0 atom stereocenters. The Bertz CT molecular complexity index is 991. The fraction of sp³-hybridized carbons (Fsp3) is 0.263. The lowest BCUT2D eigenvalue weighted by molar-refractivity contribution is 0.804. The minimum absolute atomic E-state index is 0.394. The molecule has 23 heavy (non-hydrogen) atoms. The summed E-state index contributed by atoms with van der Waals surface area (Å²) in [5, 5.41) is 0. The third-order valence-corrected chi connectivity index (χ3v) is 4.35. The SMILES string of the molecule is Cc1cccc2ncc(Cc3c(C(C)C)nc4ccccn34)n12. The first kappa shape index (κ1) is 14.0. The number of rotatable bonds is 3. The van der Waals surface area contributed by atoms with Gasteiger partial charge in [0.25, 0.3) is 0 Å². The van der Waals surface area contributed by atoms with Gasteiger partial charge in [-0.1, -0.05) is 26.0 Å². The number of pyridine rings is 2. The molecule has 0 radical (unpaired) electrons. The topological polar surface area (TPSA) is 34.6 Å². The fourth-order valence-corrected chi connectivity index (χ4v) is 3.28. The van der Waals surface area contributed by atoms with Crippen LogP contribution in [0, 0.1) is 6.92 Å². The van der Waals surface area contributed by atoms with E-state index in [0.29, 0.717) is 5.92 Å². The molecule has 0 bridgehead atoms. The second-order valence-corrected chi connectivity index (χ2v) is 6.31. The van der Waals surface area contributed by atoms with Gasteiger partial charge in [-0.3, -0.25) is 0 Å². The highest BCUT2D eigenvalue weighted by molar-refractivity contribution is 5.47. The van der Waals surface area contributed by atoms with Crippen molar-refractivity contribution in [1.82, 2.24) is 18.8 Å². The highest BCUT2D eigenvalue weighted by Crippen LogP contribution is 2.24. The van der Waals surface area contributed by atoms with E-state index in [4.69, 9.17) is 4.98 Å². The Morgan fingerprint density at radius 2 is 1.87 bits per heavy atom.